The molecule has 0 aliphatic heterocycles. The lowest BCUT2D eigenvalue weighted by atomic mass is 10.2. The Labute approximate surface area is 115 Å². The minimum absolute atomic E-state index is 0.0316. The van der Waals surface area contributed by atoms with Gasteiger partial charge in [-0.3, -0.25) is 4.18 Å². The number of rotatable bonds is 4. The van der Waals surface area contributed by atoms with Crippen LogP contribution in [0.2, 0.25) is 5.02 Å². The molecule has 0 amide bonds. The zero-order valence-electron chi connectivity index (χ0n) is 10.4. The average molecular weight is 306 g/mol. The molecular weight excluding hydrogens is 293 g/mol. The third kappa shape index (κ3) is 3.46. The second-order valence-corrected chi connectivity index (χ2v) is 6.41. The van der Waals surface area contributed by atoms with Crippen LogP contribution in [0.3, 0.4) is 0 Å². The molecule has 0 saturated carbocycles. The number of benzene rings is 1. The van der Waals surface area contributed by atoms with Gasteiger partial charge in [0.15, 0.2) is 0 Å². The van der Waals surface area contributed by atoms with Gasteiger partial charge in [-0.15, -0.1) is 0 Å². The highest BCUT2D eigenvalue weighted by molar-refractivity contribution is 7.86. The molecule has 1 aromatic heterocycles. The first-order valence-corrected chi connectivity index (χ1v) is 7.78. The van der Waals surface area contributed by atoms with Crippen molar-refractivity contribution in [3.8, 4) is 0 Å². The molecule has 0 bridgehead atoms. The highest BCUT2D eigenvalue weighted by atomic mass is 35.5. The summed E-state index contributed by atoms with van der Waals surface area (Å²) in [5, 5.41) is 0.734. The fraction of sp³-hybridized carbons (Fsp3) is 0.333. The maximum Gasteiger partial charge on any atom is 0.264 e. The third-order valence-corrected chi connectivity index (χ3v) is 3.57. The van der Waals surface area contributed by atoms with E-state index in [-0.39, 0.29) is 5.02 Å². The molecule has 4 nitrogen and oxygen atoms in total. The maximum absolute atomic E-state index is 13.3. The molecule has 0 N–H and O–H groups in total. The van der Waals surface area contributed by atoms with E-state index in [0.717, 1.165) is 11.8 Å². The Balaban J connectivity index is 2.29. The van der Waals surface area contributed by atoms with E-state index in [1.54, 1.807) is 23.8 Å². The van der Waals surface area contributed by atoms with Gasteiger partial charge in [0.2, 0.25) is 0 Å². The smallest absolute Gasteiger partial charge is 0.264 e. The summed E-state index contributed by atoms with van der Waals surface area (Å²) in [7, 11) is -3.49. The summed E-state index contributed by atoms with van der Waals surface area (Å²) in [6.45, 7) is 1.98. The predicted molar refractivity (Wildman–Crippen MR) is 72.3 cm³/mol. The van der Waals surface area contributed by atoms with Crippen molar-refractivity contribution in [2.24, 2.45) is 0 Å². The van der Waals surface area contributed by atoms with Crippen molar-refractivity contribution in [3.05, 3.63) is 35.2 Å². The van der Waals surface area contributed by atoms with Gasteiger partial charge in [-0.25, -0.2) is 4.39 Å². The normalized spacial score (nSPS) is 13.9. The Morgan fingerprint density at radius 3 is 2.79 bits per heavy atom. The van der Waals surface area contributed by atoms with Gasteiger partial charge in [0, 0.05) is 17.1 Å². The fourth-order valence-corrected chi connectivity index (χ4v) is 2.77. The van der Waals surface area contributed by atoms with Crippen molar-refractivity contribution in [3.63, 3.8) is 0 Å². The van der Waals surface area contributed by atoms with E-state index in [0.29, 0.717) is 11.9 Å². The molecule has 0 radical (unpaired) electrons. The number of hydrogen-bond donors (Lipinski definition) is 0. The predicted octanol–water partition coefficient (Wildman–Crippen LogP) is 2.80. The molecule has 19 heavy (non-hydrogen) atoms. The lowest BCUT2D eigenvalue weighted by Crippen LogP contribution is -2.19. The molecule has 0 aliphatic rings. The summed E-state index contributed by atoms with van der Waals surface area (Å²) in [6, 6.07) is 4.59. The number of halogens is 2. The van der Waals surface area contributed by atoms with Crippen molar-refractivity contribution < 1.29 is 17.0 Å². The van der Waals surface area contributed by atoms with Crippen molar-refractivity contribution in [1.29, 1.82) is 0 Å². The first kappa shape index (κ1) is 14.3. The van der Waals surface area contributed by atoms with Gasteiger partial charge in [0.25, 0.3) is 10.1 Å². The molecule has 2 aromatic rings. The SMILES string of the molecule is C[C@@H](Cn1ccc2cc(F)c(Cl)cc21)OS(C)(=O)=O. The third-order valence-electron chi connectivity index (χ3n) is 2.61. The van der Waals surface area contributed by atoms with Crippen molar-refractivity contribution in [2.75, 3.05) is 6.26 Å². The van der Waals surface area contributed by atoms with E-state index < -0.39 is 22.0 Å². The van der Waals surface area contributed by atoms with Crippen LogP contribution in [0.1, 0.15) is 6.92 Å². The van der Waals surface area contributed by atoms with Crippen LogP contribution in [0.15, 0.2) is 24.4 Å². The number of hydrogen-bond acceptors (Lipinski definition) is 3. The van der Waals surface area contributed by atoms with Crippen molar-refractivity contribution >= 4 is 32.6 Å². The van der Waals surface area contributed by atoms with Crippen LogP contribution >= 0.6 is 11.6 Å². The second kappa shape index (κ2) is 5.11. The lowest BCUT2D eigenvalue weighted by Gasteiger charge is -2.13. The molecule has 0 fully saturated rings. The number of aromatic nitrogens is 1. The minimum atomic E-state index is -3.49. The molecule has 2 rings (SSSR count). The van der Waals surface area contributed by atoms with Gasteiger partial charge in [0.1, 0.15) is 5.82 Å². The molecule has 0 saturated heterocycles. The van der Waals surface area contributed by atoms with Crippen LogP contribution in [-0.2, 0) is 20.8 Å². The molecular formula is C12H13ClFNO3S. The van der Waals surface area contributed by atoms with Crippen molar-refractivity contribution in [2.45, 2.75) is 19.6 Å². The molecule has 7 heteroatoms. The average Bonchev–Trinajstić information content (AvgIpc) is 2.59. The summed E-state index contributed by atoms with van der Waals surface area (Å²) < 4.78 is 42.0. The summed E-state index contributed by atoms with van der Waals surface area (Å²) in [4.78, 5) is 0. The highest BCUT2D eigenvalue weighted by Crippen LogP contribution is 2.24. The first-order valence-electron chi connectivity index (χ1n) is 5.58. The van der Waals surface area contributed by atoms with Crippen LogP contribution in [0.25, 0.3) is 10.9 Å². The Kier molecular flexibility index (Phi) is 3.85. The summed E-state index contributed by atoms with van der Waals surface area (Å²) in [5.41, 5.74) is 0.732. The Morgan fingerprint density at radius 2 is 2.16 bits per heavy atom. The molecule has 104 valence electrons. The van der Waals surface area contributed by atoms with Gasteiger partial charge in [-0.05, 0) is 25.1 Å². The van der Waals surface area contributed by atoms with Crippen LogP contribution in [-0.4, -0.2) is 25.3 Å². The molecule has 1 heterocycles. The summed E-state index contributed by atoms with van der Waals surface area (Å²) in [6.07, 6.45) is 2.22. The fourth-order valence-electron chi connectivity index (χ4n) is 1.95. The van der Waals surface area contributed by atoms with Gasteiger partial charge >= 0.3 is 0 Å². The second-order valence-electron chi connectivity index (χ2n) is 4.40. The van der Waals surface area contributed by atoms with E-state index in [9.17, 15) is 12.8 Å². The summed E-state index contributed by atoms with van der Waals surface area (Å²) >= 11 is 5.74. The Morgan fingerprint density at radius 1 is 1.47 bits per heavy atom. The standard InChI is InChI=1S/C12H13ClFNO3S/c1-8(18-19(2,16)17)7-15-4-3-9-5-11(14)10(13)6-12(9)15/h3-6,8H,7H2,1-2H3/t8-/m0/s1. The van der Waals surface area contributed by atoms with E-state index in [1.807, 2.05) is 0 Å². The minimum Gasteiger partial charge on any atom is -0.345 e. The topological polar surface area (TPSA) is 48.3 Å². The first-order chi connectivity index (χ1) is 8.76. The van der Waals surface area contributed by atoms with Gasteiger partial charge in [-0.1, -0.05) is 11.6 Å². The zero-order chi connectivity index (χ0) is 14.2. The number of nitrogens with zero attached hydrogens (tertiary/aromatic N) is 1. The van der Waals surface area contributed by atoms with E-state index in [2.05, 4.69) is 0 Å². The van der Waals surface area contributed by atoms with Gasteiger partial charge in [0.05, 0.1) is 23.9 Å². The quantitative estimate of drug-likeness (QED) is 0.816. The summed E-state index contributed by atoms with van der Waals surface area (Å²) in [5.74, 6) is -0.479. The molecule has 0 aliphatic carbocycles. The Hall–Kier alpha value is -1.11. The van der Waals surface area contributed by atoms with Crippen LogP contribution in [0.5, 0.6) is 0 Å². The zero-order valence-corrected chi connectivity index (χ0v) is 12.0. The Bertz CT molecular complexity index is 711. The van der Waals surface area contributed by atoms with Crippen LogP contribution < -0.4 is 0 Å². The monoisotopic (exact) mass is 305 g/mol. The van der Waals surface area contributed by atoms with E-state index >= 15 is 0 Å². The highest BCUT2D eigenvalue weighted by Gasteiger charge is 2.13. The van der Waals surface area contributed by atoms with E-state index in [4.69, 9.17) is 15.8 Å². The molecule has 1 atom stereocenters. The van der Waals surface area contributed by atoms with Gasteiger partial charge in [-0.2, -0.15) is 8.42 Å². The maximum atomic E-state index is 13.3. The molecule has 0 spiro atoms. The molecule has 0 unspecified atom stereocenters. The van der Waals surface area contributed by atoms with Crippen LogP contribution in [0.4, 0.5) is 4.39 Å². The largest absolute Gasteiger partial charge is 0.345 e. The van der Waals surface area contributed by atoms with Crippen molar-refractivity contribution in [1.82, 2.24) is 4.57 Å². The van der Waals surface area contributed by atoms with Crippen LogP contribution in [0, 0.1) is 5.82 Å². The van der Waals surface area contributed by atoms with E-state index in [1.165, 1.54) is 12.1 Å². The number of fused-ring (bicyclic) bond motifs is 1. The van der Waals surface area contributed by atoms with Gasteiger partial charge < -0.3 is 4.57 Å². The lowest BCUT2D eigenvalue weighted by molar-refractivity contribution is 0.211. The molecule has 1 aromatic carbocycles.